The van der Waals surface area contributed by atoms with Gasteiger partial charge >= 0.3 is 0 Å². The Bertz CT molecular complexity index is 359. The summed E-state index contributed by atoms with van der Waals surface area (Å²) < 4.78 is 18.4. The summed E-state index contributed by atoms with van der Waals surface area (Å²) in [5.41, 5.74) is 1.02. The standard InChI is InChI=1S/C14H20FNO/c1-17-14-9-11(7-12(15)10-14)8-13-5-3-2-4-6-16-13/h7,9-10,13,16H,2-6,8H2,1H3. The molecule has 2 nitrogen and oxygen atoms in total. The molecule has 1 aliphatic heterocycles. The van der Waals surface area contributed by atoms with Crippen LogP contribution < -0.4 is 10.1 Å². The minimum Gasteiger partial charge on any atom is -0.497 e. The molecular weight excluding hydrogens is 217 g/mol. The quantitative estimate of drug-likeness (QED) is 0.872. The van der Waals surface area contributed by atoms with Crippen LogP contribution in [0.25, 0.3) is 0 Å². The maximum absolute atomic E-state index is 13.3. The molecule has 1 aliphatic rings. The molecule has 0 saturated carbocycles. The molecule has 3 heteroatoms. The van der Waals surface area contributed by atoms with Gasteiger partial charge in [-0.15, -0.1) is 0 Å². The van der Waals surface area contributed by atoms with Gasteiger partial charge in [0.05, 0.1) is 7.11 Å². The van der Waals surface area contributed by atoms with Crippen molar-refractivity contribution in [1.29, 1.82) is 0 Å². The minimum atomic E-state index is -0.215. The van der Waals surface area contributed by atoms with Crippen molar-refractivity contribution in [2.24, 2.45) is 0 Å². The Hall–Kier alpha value is -1.09. The summed E-state index contributed by atoms with van der Waals surface area (Å²) in [6, 6.07) is 5.43. The van der Waals surface area contributed by atoms with E-state index in [0.29, 0.717) is 11.8 Å². The molecule has 1 N–H and O–H groups in total. The first-order chi connectivity index (χ1) is 8.28. The maximum atomic E-state index is 13.3. The Labute approximate surface area is 102 Å². The molecule has 1 aromatic carbocycles. The molecule has 1 unspecified atom stereocenters. The van der Waals surface area contributed by atoms with E-state index in [0.717, 1.165) is 18.5 Å². The van der Waals surface area contributed by atoms with Gasteiger partial charge in [0.1, 0.15) is 11.6 Å². The lowest BCUT2D eigenvalue weighted by Crippen LogP contribution is -2.30. The lowest BCUT2D eigenvalue weighted by atomic mass is 10.0. The second-order valence-electron chi connectivity index (χ2n) is 4.70. The van der Waals surface area contributed by atoms with E-state index in [2.05, 4.69) is 5.32 Å². The van der Waals surface area contributed by atoms with Crippen LogP contribution in [0, 0.1) is 5.82 Å². The second-order valence-corrected chi connectivity index (χ2v) is 4.70. The summed E-state index contributed by atoms with van der Waals surface area (Å²) in [4.78, 5) is 0. The molecular formula is C14H20FNO. The molecule has 0 amide bonds. The largest absolute Gasteiger partial charge is 0.497 e. The Morgan fingerprint density at radius 2 is 2.18 bits per heavy atom. The van der Waals surface area contributed by atoms with Crippen LogP contribution >= 0.6 is 0 Å². The van der Waals surface area contributed by atoms with E-state index in [1.807, 2.05) is 6.07 Å². The van der Waals surface area contributed by atoms with Crippen molar-refractivity contribution in [3.63, 3.8) is 0 Å². The number of benzene rings is 1. The van der Waals surface area contributed by atoms with E-state index >= 15 is 0 Å². The second kappa shape index (κ2) is 6.01. The predicted molar refractivity (Wildman–Crippen MR) is 66.9 cm³/mol. The number of hydrogen-bond donors (Lipinski definition) is 1. The third kappa shape index (κ3) is 3.70. The van der Waals surface area contributed by atoms with Crippen molar-refractivity contribution in [2.45, 2.75) is 38.1 Å². The smallest absolute Gasteiger partial charge is 0.127 e. The Kier molecular flexibility index (Phi) is 4.37. The number of rotatable bonds is 3. The van der Waals surface area contributed by atoms with Gasteiger partial charge in [-0.25, -0.2) is 4.39 Å². The minimum absolute atomic E-state index is 0.215. The van der Waals surface area contributed by atoms with Crippen molar-refractivity contribution in [3.05, 3.63) is 29.6 Å². The summed E-state index contributed by atoms with van der Waals surface area (Å²) in [5.74, 6) is 0.390. The van der Waals surface area contributed by atoms with Crippen LogP contribution in [-0.2, 0) is 6.42 Å². The van der Waals surface area contributed by atoms with Crippen LogP contribution in [0.4, 0.5) is 4.39 Å². The molecule has 17 heavy (non-hydrogen) atoms. The average molecular weight is 237 g/mol. The molecule has 1 aromatic rings. The van der Waals surface area contributed by atoms with E-state index in [1.54, 1.807) is 13.2 Å². The van der Waals surface area contributed by atoms with Gasteiger partial charge in [0.25, 0.3) is 0 Å². The monoisotopic (exact) mass is 237 g/mol. The first kappa shape index (κ1) is 12.4. The van der Waals surface area contributed by atoms with Crippen molar-refractivity contribution in [1.82, 2.24) is 5.32 Å². The van der Waals surface area contributed by atoms with Crippen LogP contribution in [0.3, 0.4) is 0 Å². The maximum Gasteiger partial charge on any atom is 0.127 e. The average Bonchev–Trinajstić information content (AvgIpc) is 2.57. The third-order valence-corrected chi connectivity index (χ3v) is 3.31. The van der Waals surface area contributed by atoms with Crippen LogP contribution in [0.5, 0.6) is 5.75 Å². The first-order valence-electron chi connectivity index (χ1n) is 6.35. The fraction of sp³-hybridized carbons (Fsp3) is 0.571. The van der Waals surface area contributed by atoms with Gasteiger partial charge in [-0.3, -0.25) is 0 Å². The van der Waals surface area contributed by atoms with Gasteiger partial charge in [-0.05, 0) is 43.5 Å². The summed E-state index contributed by atoms with van der Waals surface area (Å²) in [6.45, 7) is 1.08. The highest BCUT2D eigenvalue weighted by Crippen LogP contribution is 2.19. The van der Waals surface area contributed by atoms with E-state index in [-0.39, 0.29) is 5.82 Å². The van der Waals surface area contributed by atoms with Crippen molar-refractivity contribution in [3.8, 4) is 5.75 Å². The van der Waals surface area contributed by atoms with Gasteiger partial charge in [0, 0.05) is 12.1 Å². The van der Waals surface area contributed by atoms with Gasteiger partial charge in [-0.1, -0.05) is 12.8 Å². The zero-order valence-electron chi connectivity index (χ0n) is 10.3. The van der Waals surface area contributed by atoms with Gasteiger partial charge in [0.15, 0.2) is 0 Å². The molecule has 0 bridgehead atoms. The summed E-state index contributed by atoms with van der Waals surface area (Å²) in [5, 5.41) is 3.52. The molecule has 94 valence electrons. The molecule has 0 radical (unpaired) electrons. The predicted octanol–water partition coefficient (Wildman–Crippen LogP) is 2.91. The van der Waals surface area contributed by atoms with E-state index in [4.69, 9.17) is 4.74 Å². The van der Waals surface area contributed by atoms with Crippen LogP contribution in [0.15, 0.2) is 18.2 Å². The first-order valence-corrected chi connectivity index (χ1v) is 6.35. The zero-order valence-corrected chi connectivity index (χ0v) is 10.3. The number of halogens is 1. The topological polar surface area (TPSA) is 21.3 Å². The number of nitrogens with one attached hydrogen (secondary N) is 1. The van der Waals surface area contributed by atoms with Gasteiger partial charge < -0.3 is 10.1 Å². The fourth-order valence-electron chi connectivity index (χ4n) is 2.42. The highest BCUT2D eigenvalue weighted by molar-refractivity contribution is 5.30. The lowest BCUT2D eigenvalue weighted by Gasteiger charge is -2.16. The van der Waals surface area contributed by atoms with Gasteiger partial charge in [-0.2, -0.15) is 0 Å². The number of methoxy groups -OCH3 is 1. The molecule has 1 saturated heterocycles. The fourth-order valence-corrected chi connectivity index (χ4v) is 2.42. The van der Waals surface area contributed by atoms with Crippen LogP contribution in [-0.4, -0.2) is 19.7 Å². The highest BCUT2D eigenvalue weighted by atomic mass is 19.1. The van der Waals surface area contributed by atoms with Crippen molar-refractivity contribution in [2.75, 3.05) is 13.7 Å². The normalized spacial score (nSPS) is 20.9. The van der Waals surface area contributed by atoms with E-state index < -0.39 is 0 Å². The summed E-state index contributed by atoms with van der Waals surface area (Å²) in [7, 11) is 1.57. The molecule has 0 aliphatic carbocycles. The zero-order chi connectivity index (χ0) is 12.1. The Morgan fingerprint density at radius 1 is 1.29 bits per heavy atom. The molecule has 0 aromatic heterocycles. The molecule has 0 spiro atoms. The molecule has 1 fully saturated rings. The summed E-state index contributed by atoms with van der Waals surface area (Å²) >= 11 is 0. The van der Waals surface area contributed by atoms with Crippen molar-refractivity contribution < 1.29 is 9.13 Å². The molecule has 1 heterocycles. The SMILES string of the molecule is COc1cc(F)cc(CC2CCCCCN2)c1. The van der Waals surface area contributed by atoms with E-state index in [9.17, 15) is 4.39 Å². The van der Waals surface area contributed by atoms with Crippen LogP contribution in [0.1, 0.15) is 31.2 Å². The Morgan fingerprint density at radius 3 is 3.00 bits per heavy atom. The lowest BCUT2D eigenvalue weighted by molar-refractivity contribution is 0.409. The third-order valence-electron chi connectivity index (χ3n) is 3.31. The van der Waals surface area contributed by atoms with Crippen LogP contribution in [0.2, 0.25) is 0 Å². The highest BCUT2D eigenvalue weighted by Gasteiger charge is 2.13. The molecule has 2 rings (SSSR count). The van der Waals surface area contributed by atoms with Crippen molar-refractivity contribution >= 4 is 0 Å². The summed E-state index contributed by atoms with van der Waals surface area (Å²) in [6.07, 6.45) is 5.88. The van der Waals surface area contributed by atoms with Gasteiger partial charge in [0.2, 0.25) is 0 Å². The Balaban J connectivity index is 2.03. The molecule has 1 atom stereocenters. The number of hydrogen-bond acceptors (Lipinski definition) is 2. The number of ether oxygens (including phenoxy) is 1. The van der Waals surface area contributed by atoms with E-state index in [1.165, 1.54) is 31.7 Å².